The van der Waals surface area contributed by atoms with Crippen LogP contribution in [-0.4, -0.2) is 22.9 Å². The molecule has 166 valence electrons. The van der Waals surface area contributed by atoms with E-state index in [2.05, 4.69) is 10.6 Å². The molecule has 0 unspecified atom stereocenters. The fourth-order valence-electron chi connectivity index (χ4n) is 3.75. The fraction of sp³-hybridized carbons (Fsp3) is 0.160. The van der Waals surface area contributed by atoms with Gasteiger partial charge in [0.15, 0.2) is 0 Å². The van der Waals surface area contributed by atoms with Crippen molar-refractivity contribution in [2.45, 2.75) is 25.6 Å². The maximum Gasteiger partial charge on any atom is 0.319 e. The quantitative estimate of drug-likeness (QED) is 0.619. The van der Waals surface area contributed by atoms with Crippen LogP contribution in [0.5, 0.6) is 0 Å². The topological polar surface area (TPSA) is 85.2 Å². The fourth-order valence-corrected chi connectivity index (χ4v) is 3.75. The Morgan fingerprint density at radius 2 is 1.61 bits per heavy atom. The molecule has 0 aromatic heterocycles. The second kappa shape index (κ2) is 9.49. The summed E-state index contributed by atoms with van der Waals surface area (Å²) in [6.45, 7) is 0.566. The summed E-state index contributed by atoms with van der Waals surface area (Å²) in [5.74, 6) is -1.11. The molecule has 3 aromatic rings. The minimum atomic E-state index is -0.905. The van der Waals surface area contributed by atoms with Crippen LogP contribution in [0.1, 0.15) is 22.3 Å². The van der Waals surface area contributed by atoms with E-state index < -0.39 is 17.9 Å². The number of nitriles is 1. The van der Waals surface area contributed by atoms with Crippen LogP contribution >= 0.6 is 0 Å². The maximum atomic E-state index is 13.6. The van der Waals surface area contributed by atoms with E-state index in [-0.39, 0.29) is 24.7 Å². The van der Waals surface area contributed by atoms with Crippen LogP contribution in [0.4, 0.5) is 19.3 Å². The van der Waals surface area contributed by atoms with Gasteiger partial charge in [0.2, 0.25) is 5.91 Å². The second-order valence-electron chi connectivity index (χ2n) is 7.78. The molecule has 3 aromatic carbocycles. The minimum Gasteiger partial charge on any atom is -0.332 e. The van der Waals surface area contributed by atoms with Crippen molar-refractivity contribution < 1.29 is 18.4 Å². The minimum absolute atomic E-state index is 0.197. The number of carbonyl (C=O) groups is 2. The highest BCUT2D eigenvalue weighted by molar-refractivity contribution is 5.94. The Labute approximate surface area is 189 Å². The lowest BCUT2D eigenvalue weighted by Crippen LogP contribution is -2.49. The molecule has 2 N–H and O–H groups in total. The molecule has 1 aliphatic rings. The van der Waals surface area contributed by atoms with E-state index >= 15 is 0 Å². The maximum absolute atomic E-state index is 13.6. The van der Waals surface area contributed by atoms with Gasteiger partial charge >= 0.3 is 6.03 Å². The molecule has 0 spiro atoms. The summed E-state index contributed by atoms with van der Waals surface area (Å²) >= 11 is 0. The van der Waals surface area contributed by atoms with Gasteiger partial charge in [0.05, 0.1) is 11.6 Å². The molecule has 8 heteroatoms. The zero-order valence-corrected chi connectivity index (χ0v) is 17.5. The first-order chi connectivity index (χ1) is 15.9. The molecule has 3 amide bonds. The zero-order chi connectivity index (χ0) is 23.4. The van der Waals surface area contributed by atoms with Gasteiger partial charge in [-0.1, -0.05) is 18.2 Å². The number of carbonyl (C=O) groups excluding carboxylic acids is 2. The average Bonchev–Trinajstić information content (AvgIpc) is 3.23. The number of nitrogens with zero attached hydrogens (tertiary/aromatic N) is 2. The van der Waals surface area contributed by atoms with Crippen LogP contribution in [0.2, 0.25) is 0 Å². The van der Waals surface area contributed by atoms with Gasteiger partial charge in [-0.15, -0.1) is 0 Å². The highest BCUT2D eigenvalue weighted by atomic mass is 19.1. The Balaban J connectivity index is 1.51. The summed E-state index contributed by atoms with van der Waals surface area (Å²) in [7, 11) is 0. The predicted octanol–water partition coefficient (Wildman–Crippen LogP) is 4.11. The number of amides is 3. The Bertz CT molecular complexity index is 1220. The lowest BCUT2D eigenvalue weighted by atomic mass is 10.0. The number of anilines is 1. The highest BCUT2D eigenvalue weighted by Crippen LogP contribution is 2.24. The van der Waals surface area contributed by atoms with Crippen molar-refractivity contribution in [3.8, 4) is 6.07 Å². The molecule has 4 rings (SSSR count). The SMILES string of the molecule is N#Cc1ccc(C[C@@H](NC(=O)Nc2ccc(F)cc2)C(=O)N2Cc3ccc(F)cc3C2)cc1. The number of halogens is 2. The number of benzene rings is 3. The third-order valence-electron chi connectivity index (χ3n) is 5.43. The molecule has 1 heterocycles. The Morgan fingerprint density at radius 3 is 2.30 bits per heavy atom. The van der Waals surface area contributed by atoms with E-state index in [0.29, 0.717) is 17.8 Å². The van der Waals surface area contributed by atoms with Crippen molar-refractivity contribution in [3.63, 3.8) is 0 Å². The lowest BCUT2D eigenvalue weighted by molar-refractivity contribution is -0.133. The smallest absolute Gasteiger partial charge is 0.319 e. The van der Waals surface area contributed by atoms with Crippen molar-refractivity contribution in [3.05, 3.63) is 101 Å². The van der Waals surface area contributed by atoms with Crippen molar-refractivity contribution in [2.75, 3.05) is 5.32 Å². The summed E-state index contributed by atoms with van der Waals surface area (Å²) in [6, 6.07) is 17.0. The normalized spacial score (nSPS) is 13.1. The van der Waals surface area contributed by atoms with Crippen LogP contribution in [0, 0.1) is 23.0 Å². The summed E-state index contributed by atoms with van der Waals surface area (Å²) in [4.78, 5) is 27.5. The van der Waals surface area contributed by atoms with E-state index in [0.717, 1.165) is 16.7 Å². The van der Waals surface area contributed by atoms with Crippen molar-refractivity contribution in [1.82, 2.24) is 10.2 Å². The van der Waals surface area contributed by atoms with Crippen LogP contribution in [-0.2, 0) is 24.3 Å². The van der Waals surface area contributed by atoms with Gasteiger partial charge in [0, 0.05) is 25.2 Å². The van der Waals surface area contributed by atoms with Gasteiger partial charge in [0.25, 0.3) is 0 Å². The number of fused-ring (bicyclic) bond motifs is 1. The van der Waals surface area contributed by atoms with Crippen LogP contribution in [0.25, 0.3) is 0 Å². The number of rotatable bonds is 5. The summed E-state index contributed by atoms with van der Waals surface area (Å²) < 4.78 is 26.7. The first-order valence-corrected chi connectivity index (χ1v) is 10.3. The van der Waals surface area contributed by atoms with Gasteiger partial charge < -0.3 is 15.5 Å². The average molecular weight is 446 g/mol. The van der Waals surface area contributed by atoms with E-state index in [1.165, 1.54) is 36.4 Å². The molecule has 1 atom stereocenters. The van der Waals surface area contributed by atoms with Crippen LogP contribution < -0.4 is 10.6 Å². The molecule has 0 saturated carbocycles. The molecule has 0 fully saturated rings. The first-order valence-electron chi connectivity index (χ1n) is 10.3. The van der Waals surface area contributed by atoms with Gasteiger partial charge in [-0.3, -0.25) is 4.79 Å². The molecule has 0 saturated heterocycles. The van der Waals surface area contributed by atoms with Crippen molar-refractivity contribution >= 4 is 17.6 Å². The molecule has 0 aliphatic carbocycles. The Morgan fingerprint density at radius 1 is 0.939 bits per heavy atom. The molecular weight excluding hydrogens is 426 g/mol. The standard InChI is InChI=1S/C25H20F2N4O2/c26-20-7-9-22(10-8-20)29-25(33)30-23(11-16-1-3-17(13-28)4-2-16)24(32)31-14-18-5-6-21(27)12-19(18)15-31/h1-10,12,23H,11,14-15H2,(H2,29,30,33)/t23-/m1/s1. The third-order valence-corrected chi connectivity index (χ3v) is 5.43. The molecule has 1 aliphatic heterocycles. The van der Waals surface area contributed by atoms with Crippen molar-refractivity contribution in [1.29, 1.82) is 5.26 Å². The summed E-state index contributed by atoms with van der Waals surface area (Å²) in [6.07, 6.45) is 0.197. The predicted molar refractivity (Wildman–Crippen MR) is 118 cm³/mol. The molecule has 33 heavy (non-hydrogen) atoms. The van der Waals surface area contributed by atoms with Gasteiger partial charge in [-0.05, 0) is 65.2 Å². The second-order valence-corrected chi connectivity index (χ2v) is 7.78. The molecule has 0 bridgehead atoms. The van der Waals surface area contributed by atoms with Gasteiger partial charge in [-0.2, -0.15) is 5.26 Å². The highest BCUT2D eigenvalue weighted by Gasteiger charge is 2.30. The number of hydrogen-bond acceptors (Lipinski definition) is 3. The Kier molecular flexibility index (Phi) is 6.31. The number of nitrogens with one attached hydrogen (secondary N) is 2. The molecule has 6 nitrogen and oxygen atoms in total. The van der Waals surface area contributed by atoms with E-state index in [9.17, 15) is 18.4 Å². The first kappa shape index (κ1) is 22.0. The van der Waals surface area contributed by atoms with Crippen LogP contribution in [0.3, 0.4) is 0 Å². The van der Waals surface area contributed by atoms with E-state index in [1.54, 1.807) is 35.2 Å². The summed E-state index contributed by atoms with van der Waals surface area (Å²) in [5, 5.41) is 14.3. The van der Waals surface area contributed by atoms with Crippen molar-refractivity contribution in [2.24, 2.45) is 0 Å². The van der Waals surface area contributed by atoms with Crippen LogP contribution in [0.15, 0.2) is 66.7 Å². The largest absolute Gasteiger partial charge is 0.332 e. The third kappa shape index (κ3) is 5.33. The monoisotopic (exact) mass is 446 g/mol. The van der Waals surface area contributed by atoms with Gasteiger partial charge in [-0.25, -0.2) is 13.6 Å². The Hall–Kier alpha value is -4.25. The molecular formula is C25H20F2N4O2. The van der Waals surface area contributed by atoms with E-state index in [1.807, 2.05) is 6.07 Å². The van der Waals surface area contributed by atoms with E-state index in [4.69, 9.17) is 5.26 Å². The van der Waals surface area contributed by atoms with Gasteiger partial charge in [0.1, 0.15) is 17.7 Å². The lowest BCUT2D eigenvalue weighted by Gasteiger charge is -2.24. The number of urea groups is 1. The number of hydrogen-bond donors (Lipinski definition) is 2. The zero-order valence-electron chi connectivity index (χ0n) is 17.5. The summed E-state index contributed by atoms with van der Waals surface area (Å²) in [5.41, 5.74) is 3.22. The molecule has 0 radical (unpaired) electrons.